The lowest BCUT2D eigenvalue weighted by Crippen LogP contribution is -2.13. The molecular weight excluding hydrogens is 402 g/mol. The number of hydrogen-bond donors (Lipinski definition) is 1. The first-order chi connectivity index (χ1) is 13.0. The smallest absolute Gasteiger partial charge is 0.322 e. The van der Waals surface area contributed by atoms with Gasteiger partial charge in [-0.05, 0) is 30.2 Å². The quantitative estimate of drug-likeness (QED) is 0.523. The molecular formula is C19H14F6N2S. The van der Waals surface area contributed by atoms with Crippen molar-refractivity contribution in [2.24, 2.45) is 5.73 Å². The van der Waals surface area contributed by atoms with Gasteiger partial charge in [0.15, 0.2) is 0 Å². The van der Waals surface area contributed by atoms with Crippen LogP contribution in [0.15, 0.2) is 53.9 Å². The summed E-state index contributed by atoms with van der Waals surface area (Å²) in [7, 11) is 0. The first-order valence-corrected chi connectivity index (χ1v) is 8.97. The number of benzene rings is 2. The second-order valence-electron chi connectivity index (χ2n) is 6.16. The molecule has 0 bridgehead atoms. The van der Waals surface area contributed by atoms with E-state index in [1.165, 1.54) is 5.38 Å². The van der Waals surface area contributed by atoms with Crippen LogP contribution in [-0.4, -0.2) is 4.98 Å². The Balaban J connectivity index is 1.94. The summed E-state index contributed by atoms with van der Waals surface area (Å²) in [6, 6.07) is 10.2. The number of nitrogens with two attached hydrogens (primary N) is 1. The van der Waals surface area contributed by atoms with Gasteiger partial charge in [0.05, 0.1) is 22.9 Å². The summed E-state index contributed by atoms with van der Waals surface area (Å²) >= 11 is 1.10. The van der Waals surface area contributed by atoms with Gasteiger partial charge in [-0.3, -0.25) is 0 Å². The number of alkyl halides is 6. The van der Waals surface area contributed by atoms with Crippen LogP contribution >= 0.6 is 11.3 Å². The lowest BCUT2D eigenvalue weighted by Gasteiger charge is -2.13. The van der Waals surface area contributed by atoms with Crippen molar-refractivity contribution in [1.29, 1.82) is 0 Å². The van der Waals surface area contributed by atoms with Crippen molar-refractivity contribution in [1.82, 2.24) is 4.98 Å². The number of halogens is 6. The largest absolute Gasteiger partial charge is 0.416 e. The first kappa shape index (κ1) is 20.3. The normalized spacial score (nSPS) is 13.5. The second kappa shape index (κ2) is 7.56. The molecule has 1 atom stereocenters. The molecule has 0 aliphatic carbocycles. The third-order valence-corrected chi connectivity index (χ3v) is 5.00. The monoisotopic (exact) mass is 416 g/mol. The SMILES string of the molecule is NC(Cc1ccccc1)c1nc(-c2cc(C(F)(F)F)cc(C(F)(F)F)c2)cs1. The zero-order chi connectivity index (χ0) is 20.5. The molecule has 0 spiro atoms. The van der Waals surface area contributed by atoms with Crippen molar-refractivity contribution >= 4 is 11.3 Å². The minimum atomic E-state index is -4.90. The first-order valence-electron chi connectivity index (χ1n) is 8.09. The van der Waals surface area contributed by atoms with E-state index in [-0.39, 0.29) is 17.3 Å². The fourth-order valence-electron chi connectivity index (χ4n) is 2.65. The van der Waals surface area contributed by atoms with Crippen LogP contribution in [0.5, 0.6) is 0 Å². The third-order valence-electron chi connectivity index (χ3n) is 4.02. The van der Waals surface area contributed by atoms with E-state index in [0.29, 0.717) is 23.6 Å². The summed E-state index contributed by atoms with van der Waals surface area (Å²) in [4.78, 5) is 4.18. The fraction of sp³-hybridized carbons (Fsp3) is 0.211. The molecule has 3 rings (SSSR count). The van der Waals surface area contributed by atoms with Gasteiger partial charge in [0.2, 0.25) is 0 Å². The summed E-state index contributed by atoms with van der Waals surface area (Å²) in [5, 5.41) is 1.85. The summed E-state index contributed by atoms with van der Waals surface area (Å²) in [5.41, 5.74) is 4.08. The molecule has 1 heterocycles. The molecule has 0 saturated heterocycles. The Kier molecular flexibility index (Phi) is 5.49. The highest BCUT2D eigenvalue weighted by Crippen LogP contribution is 2.39. The van der Waals surface area contributed by atoms with Gasteiger partial charge in [-0.15, -0.1) is 11.3 Å². The molecule has 148 valence electrons. The van der Waals surface area contributed by atoms with Gasteiger partial charge in [-0.2, -0.15) is 26.3 Å². The van der Waals surface area contributed by atoms with E-state index in [1.54, 1.807) is 0 Å². The lowest BCUT2D eigenvalue weighted by molar-refractivity contribution is -0.143. The highest BCUT2D eigenvalue weighted by Gasteiger charge is 2.37. The number of hydrogen-bond acceptors (Lipinski definition) is 3. The van der Waals surface area contributed by atoms with Crippen LogP contribution in [0.4, 0.5) is 26.3 Å². The van der Waals surface area contributed by atoms with Gasteiger partial charge >= 0.3 is 12.4 Å². The van der Waals surface area contributed by atoms with Gasteiger partial charge in [0.25, 0.3) is 0 Å². The molecule has 0 amide bonds. The number of nitrogens with zero attached hydrogens (tertiary/aromatic N) is 1. The van der Waals surface area contributed by atoms with E-state index in [9.17, 15) is 26.3 Å². The van der Waals surface area contributed by atoms with E-state index in [4.69, 9.17) is 5.73 Å². The highest BCUT2D eigenvalue weighted by atomic mass is 32.1. The standard InChI is InChI=1S/C19H14F6N2S/c20-18(21,22)13-7-12(8-14(9-13)19(23,24)25)16-10-28-17(27-16)15(26)6-11-4-2-1-3-5-11/h1-5,7-10,15H,6,26H2. The van der Waals surface area contributed by atoms with Crippen molar-refractivity contribution in [2.45, 2.75) is 24.8 Å². The number of rotatable bonds is 4. The predicted molar refractivity (Wildman–Crippen MR) is 94.6 cm³/mol. The van der Waals surface area contributed by atoms with Crippen molar-refractivity contribution in [3.8, 4) is 11.3 Å². The van der Waals surface area contributed by atoms with Crippen LogP contribution in [0, 0.1) is 0 Å². The maximum Gasteiger partial charge on any atom is 0.416 e. The third kappa shape index (κ3) is 4.71. The topological polar surface area (TPSA) is 38.9 Å². The molecule has 2 nitrogen and oxygen atoms in total. The van der Waals surface area contributed by atoms with Gasteiger partial charge in [0, 0.05) is 10.9 Å². The molecule has 2 N–H and O–H groups in total. The summed E-state index contributed by atoms with van der Waals surface area (Å²) in [6.45, 7) is 0. The molecule has 0 saturated carbocycles. The molecule has 3 aromatic rings. The fourth-order valence-corrected chi connectivity index (χ4v) is 3.48. The van der Waals surface area contributed by atoms with Gasteiger partial charge < -0.3 is 5.73 Å². The maximum absolute atomic E-state index is 13.0. The van der Waals surface area contributed by atoms with E-state index in [1.807, 2.05) is 30.3 Å². The molecule has 0 radical (unpaired) electrons. The predicted octanol–water partition coefficient (Wildman–Crippen LogP) is 6.09. The van der Waals surface area contributed by atoms with Crippen LogP contribution in [0.2, 0.25) is 0 Å². The van der Waals surface area contributed by atoms with Crippen LogP contribution in [-0.2, 0) is 18.8 Å². The lowest BCUT2D eigenvalue weighted by atomic mass is 10.0. The number of aromatic nitrogens is 1. The van der Waals surface area contributed by atoms with Crippen LogP contribution in [0.1, 0.15) is 27.7 Å². The van der Waals surface area contributed by atoms with Crippen molar-refractivity contribution in [3.63, 3.8) is 0 Å². The van der Waals surface area contributed by atoms with E-state index in [0.717, 1.165) is 16.9 Å². The van der Waals surface area contributed by atoms with Crippen LogP contribution < -0.4 is 5.73 Å². The Morgan fingerprint density at radius 1 is 0.893 bits per heavy atom. The van der Waals surface area contributed by atoms with Crippen LogP contribution in [0.3, 0.4) is 0 Å². The van der Waals surface area contributed by atoms with Crippen molar-refractivity contribution in [3.05, 3.63) is 75.6 Å². The maximum atomic E-state index is 13.0. The molecule has 1 unspecified atom stereocenters. The summed E-state index contributed by atoms with van der Waals surface area (Å²) in [5.74, 6) is 0. The molecule has 0 aliphatic heterocycles. The Morgan fingerprint density at radius 3 is 2.00 bits per heavy atom. The average Bonchev–Trinajstić information content (AvgIpc) is 3.11. The number of thiazole rings is 1. The average molecular weight is 416 g/mol. The Bertz CT molecular complexity index is 915. The minimum Gasteiger partial charge on any atom is -0.322 e. The molecule has 0 fully saturated rings. The van der Waals surface area contributed by atoms with Gasteiger partial charge in [-0.25, -0.2) is 4.98 Å². The van der Waals surface area contributed by atoms with E-state index < -0.39 is 29.5 Å². The van der Waals surface area contributed by atoms with E-state index in [2.05, 4.69) is 4.98 Å². The summed E-state index contributed by atoms with van der Waals surface area (Å²) in [6.07, 6.45) is -9.36. The van der Waals surface area contributed by atoms with Crippen molar-refractivity contribution < 1.29 is 26.3 Å². The Labute approximate surface area is 160 Å². The van der Waals surface area contributed by atoms with Crippen LogP contribution in [0.25, 0.3) is 11.3 Å². The second-order valence-corrected chi connectivity index (χ2v) is 7.05. The molecule has 1 aromatic heterocycles. The molecule has 2 aromatic carbocycles. The molecule has 28 heavy (non-hydrogen) atoms. The Hall–Kier alpha value is -2.39. The van der Waals surface area contributed by atoms with Crippen molar-refractivity contribution in [2.75, 3.05) is 0 Å². The molecule has 9 heteroatoms. The Morgan fingerprint density at radius 2 is 1.46 bits per heavy atom. The van der Waals surface area contributed by atoms with Gasteiger partial charge in [0.1, 0.15) is 5.01 Å². The zero-order valence-corrected chi connectivity index (χ0v) is 15.0. The van der Waals surface area contributed by atoms with E-state index >= 15 is 0 Å². The van der Waals surface area contributed by atoms with Gasteiger partial charge in [-0.1, -0.05) is 30.3 Å². The summed E-state index contributed by atoms with van der Waals surface area (Å²) < 4.78 is 78.1. The zero-order valence-electron chi connectivity index (χ0n) is 14.2. The minimum absolute atomic E-state index is 0.0279. The molecule has 0 aliphatic rings. The highest BCUT2D eigenvalue weighted by molar-refractivity contribution is 7.10.